The van der Waals surface area contributed by atoms with Crippen LogP contribution in [0.2, 0.25) is 0 Å². The van der Waals surface area contributed by atoms with E-state index in [4.69, 9.17) is 9.15 Å². The maximum atomic E-state index is 12.5. The summed E-state index contributed by atoms with van der Waals surface area (Å²) in [5.41, 5.74) is 1.35. The lowest BCUT2D eigenvalue weighted by Gasteiger charge is -2.13. The van der Waals surface area contributed by atoms with Crippen molar-refractivity contribution < 1.29 is 18.7 Å². The fourth-order valence-electron chi connectivity index (χ4n) is 2.55. The minimum atomic E-state index is -0.322. The first-order valence-electron chi connectivity index (χ1n) is 9.20. The number of benzene rings is 2. The van der Waals surface area contributed by atoms with E-state index >= 15 is 0 Å². The molecule has 1 aromatic heterocycles. The highest BCUT2D eigenvalue weighted by molar-refractivity contribution is 8.00. The van der Waals surface area contributed by atoms with Crippen LogP contribution in [0.1, 0.15) is 24.4 Å². The molecule has 0 radical (unpaired) electrons. The molecule has 0 saturated heterocycles. The molecule has 150 valence electrons. The second kappa shape index (κ2) is 9.84. The van der Waals surface area contributed by atoms with Crippen LogP contribution in [-0.4, -0.2) is 23.7 Å². The number of hydrogen-bond acceptors (Lipinski definition) is 5. The average Bonchev–Trinajstić information content (AvgIpc) is 3.25. The summed E-state index contributed by atoms with van der Waals surface area (Å²) in [6.07, 6.45) is 1.45. The molecule has 0 saturated carbocycles. The van der Waals surface area contributed by atoms with Crippen molar-refractivity contribution in [1.82, 2.24) is 0 Å². The predicted molar refractivity (Wildman–Crippen MR) is 115 cm³/mol. The van der Waals surface area contributed by atoms with Gasteiger partial charge in [0.1, 0.15) is 5.75 Å². The minimum Gasteiger partial charge on any atom is -0.494 e. The Bertz CT molecular complexity index is 955. The van der Waals surface area contributed by atoms with Crippen LogP contribution >= 0.6 is 11.8 Å². The SMILES string of the molecule is CCOc1ccc(NC(=O)C(C)Sc2cccc(NC(=O)c3ccco3)c2)cc1. The lowest BCUT2D eigenvalue weighted by Crippen LogP contribution is -2.22. The summed E-state index contributed by atoms with van der Waals surface area (Å²) in [6.45, 7) is 4.36. The normalized spacial score (nSPS) is 11.5. The Labute approximate surface area is 173 Å². The molecule has 0 fully saturated rings. The van der Waals surface area contributed by atoms with Gasteiger partial charge in [-0.15, -0.1) is 11.8 Å². The van der Waals surface area contributed by atoms with Gasteiger partial charge < -0.3 is 19.8 Å². The lowest BCUT2D eigenvalue weighted by molar-refractivity contribution is -0.115. The Morgan fingerprint density at radius 3 is 2.52 bits per heavy atom. The molecule has 0 aliphatic rings. The molecule has 0 spiro atoms. The van der Waals surface area contributed by atoms with Crippen molar-refractivity contribution in [1.29, 1.82) is 0 Å². The number of thioether (sulfide) groups is 1. The molecule has 2 amide bonds. The van der Waals surface area contributed by atoms with Gasteiger partial charge in [0.05, 0.1) is 18.1 Å². The summed E-state index contributed by atoms with van der Waals surface area (Å²) in [7, 11) is 0. The Kier molecular flexibility index (Phi) is 6.97. The summed E-state index contributed by atoms with van der Waals surface area (Å²) in [5, 5.41) is 5.36. The Hall–Kier alpha value is -3.19. The monoisotopic (exact) mass is 410 g/mol. The zero-order valence-corrected chi connectivity index (χ0v) is 17.0. The van der Waals surface area contributed by atoms with Crippen molar-refractivity contribution in [2.75, 3.05) is 17.2 Å². The number of anilines is 2. The fourth-order valence-corrected chi connectivity index (χ4v) is 3.48. The van der Waals surface area contributed by atoms with Crippen LogP contribution < -0.4 is 15.4 Å². The van der Waals surface area contributed by atoms with E-state index in [2.05, 4.69) is 10.6 Å². The van der Waals surface area contributed by atoms with Gasteiger partial charge >= 0.3 is 0 Å². The fraction of sp³-hybridized carbons (Fsp3) is 0.182. The number of carbonyl (C=O) groups excluding carboxylic acids is 2. The van der Waals surface area contributed by atoms with E-state index in [1.165, 1.54) is 18.0 Å². The van der Waals surface area contributed by atoms with Gasteiger partial charge in [0.25, 0.3) is 5.91 Å². The van der Waals surface area contributed by atoms with Crippen LogP contribution in [0.25, 0.3) is 0 Å². The third-order valence-corrected chi connectivity index (χ3v) is 5.05. The molecule has 6 nitrogen and oxygen atoms in total. The minimum absolute atomic E-state index is 0.107. The molecule has 3 rings (SSSR count). The van der Waals surface area contributed by atoms with Crippen LogP contribution in [0.4, 0.5) is 11.4 Å². The van der Waals surface area contributed by atoms with Crippen LogP contribution in [-0.2, 0) is 4.79 Å². The summed E-state index contributed by atoms with van der Waals surface area (Å²) in [5.74, 6) is 0.579. The third-order valence-electron chi connectivity index (χ3n) is 3.95. The molecule has 1 atom stereocenters. The van der Waals surface area contributed by atoms with Crippen molar-refractivity contribution >= 4 is 35.0 Å². The molecule has 0 aliphatic carbocycles. The summed E-state index contributed by atoms with van der Waals surface area (Å²) < 4.78 is 10.5. The first-order valence-corrected chi connectivity index (χ1v) is 10.1. The number of nitrogens with one attached hydrogen (secondary N) is 2. The van der Waals surface area contributed by atoms with E-state index in [1.54, 1.807) is 18.2 Å². The third kappa shape index (κ3) is 5.89. The van der Waals surface area contributed by atoms with E-state index in [0.29, 0.717) is 18.0 Å². The van der Waals surface area contributed by atoms with Crippen molar-refractivity contribution in [3.63, 3.8) is 0 Å². The van der Waals surface area contributed by atoms with Crippen LogP contribution in [0.3, 0.4) is 0 Å². The van der Waals surface area contributed by atoms with Crippen LogP contribution in [0, 0.1) is 0 Å². The lowest BCUT2D eigenvalue weighted by atomic mass is 10.3. The standard InChI is InChI=1S/C22H22N2O4S/c1-3-27-18-11-9-16(10-12-18)23-21(25)15(2)29-19-7-4-6-17(14-19)24-22(26)20-8-5-13-28-20/h4-15H,3H2,1-2H3,(H,23,25)(H,24,26). The van der Waals surface area contributed by atoms with Gasteiger partial charge in [0, 0.05) is 16.3 Å². The van der Waals surface area contributed by atoms with E-state index in [-0.39, 0.29) is 22.8 Å². The highest BCUT2D eigenvalue weighted by atomic mass is 32.2. The van der Waals surface area contributed by atoms with E-state index in [0.717, 1.165) is 10.6 Å². The summed E-state index contributed by atoms with van der Waals surface area (Å²) in [6, 6.07) is 17.9. The maximum Gasteiger partial charge on any atom is 0.291 e. The second-order valence-corrected chi connectivity index (χ2v) is 7.58. The number of rotatable bonds is 8. The topological polar surface area (TPSA) is 80.6 Å². The average molecular weight is 410 g/mol. The van der Waals surface area contributed by atoms with Gasteiger partial charge in [0.15, 0.2) is 5.76 Å². The van der Waals surface area contributed by atoms with Crippen LogP contribution in [0.5, 0.6) is 5.75 Å². The Morgan fingerprint density at radius 2 is 1.83 bits per heavy atom. The number of hydrogen-bond donors (Lipinski definition) is 2. The quantitative estimate of drug-likeness (QED) is 0.508. The zero-order chi connectivity index (χ0) is 20.6. The molecule has 3 aromatic rings. The summed E-state index contributed by atoms with van der Waals surface area (Å²) in [4.78, 5) is 25.5. The second-order valence-electron chi connectivity index (χ2n) is 6.17. The first kappa shape index (κ1) is 20.5. The van der Waals surface area contributed by atoms with E-state index in [1.807, 2.05) is 56.3 Å². The van der Waals surface area contributed by atoms with Crippen molar-refractivity contribution in [2.24, 2.45) is 0 Å². The molecular weight excluding hydrogens is 388 g/mol. The van der Waals surface area contributed by atoms with Gasteiger partial charge in [-0.2, -0.15) is 0 Å². The molecule has 29 heavy (non-hydrogen) atoms. The smallest absolute Gasteiger partial charge is 0.291 e. The summed E-state index contributed by atoms with van der Waals surface area (Å²) >= 11 is 1.41. The van der Waals surface area contributed by atoms with Crippen molar-refractivity contribution in [2.45, 2.75) is 24.0 Å². The van der Waals surface area contributed by atoms with Gasteiger partial charge in [-0.25, -0.2) is 0 Å². The van der Waals surface area contributed by atoms with Gasteiger partial charge in [-0.3, -0.25) is 9.59 Å². The zero-order valence-electron chi connectivity index (χ0n) is 16.2. The molecule has 0 bridgehead atoms. The molecular formula is C22H22N2O4S. The molecule has 7 heteroatoms. The number of furan rings is 1. The Balaban J connectivity index is 1.57. The highest BCUT2D eigenvalue weighted by Gasteiger charge is 2.15. The number of ether oxygens (including phenoxy) is 1. The highest BCUT2D eigenvalue weighted by Crippen LogP contribution is 2.27. The van der Waals surface area contributed by atoms with Gasteiger partial charge in [-0.1, -0.05) is 6.07 Å². The first-order chi connectivity index (χ1) is 14.0. The molecule has 2 aromatic carbocycles. The van der Waals surface area contributed by atoms with Gasteiger partial charge in [-0.05, 0) is 68.4 Å². The van der Waals surface area contributed by atoms with Gasteiger partial charge in [0.2, 0.25) is 5.91 Å². The largest absolute Gasteiger partial charge is 0.494 e. The predicted octanol–water partition coefficient (Wildman–Crippen LogP) is 5.05. The molecule has 1 heterocycles. The van der Waals surface area contributed by atoms with Crippen molar-refractivity contribution in [3.8, 4) is 5.75 Å². The number of amides is 2. The Morgan fingerprint density at radius 1 is 1.03 bits per heavy atom. The molecule has 1 unspecified atom stereocenters. The number of carbonyl (C=O) groups is 2. The van der Waals surface area contributed by atoms with Crippen molar-refractivity contribution in [3.05, 3.63) is 72.7 Å². The molecule has 2 N–H and O–H groups in total. The van der Waals surface area contributed by atoms with Crippen LogP contribution in [0.15, 0.2) is 76.2 Å². The maximum absolute atomic E-state index is 12.5. The van der Waals surface area contributed by atoms with E-state index in [9.17, 15) is 9.59 Å². The van der Waals surface area contributed by atoms with E-state index < -0.39 is 0 Å². The molecule has 0 aliphatic heterocycles.